The normalized spacial score (nSPS) is 17.4. The van der Waals surface area contributed by atoms with Gasteiger partial charge < -0.3 is 14.6 Å². The van der Waals surface area contributed by atoms with Gasteiger partial charge in [-0.2, -0.15) is 0 Å². The Morgan fingerprint density at radius 1 is 1.06 bits per heavy atom. The average molecular weight is 474 g/mol. The van der Waals surface area contributed by atoms with Crippen molar-refractivity contribution in [1.29, 1.82) is 0 Å². The minimum Gasteiger partial charge on any atom is -0.444 e. The first kappa shape index (κ1) is 23.9. The van der Waals surface area contributed by atoms with Crippen molar-refractivity contribution in [3.63, 3.8) is 0 Å². The van der Waals surface area contributed by atoms with Gasteiger partial charge in [0.15, 0.2) is 0 Å². The summed E-state index contributed by atoms with van der Waals surface area (Å²) >= 11 is 0. The van der Waals surface area contributed by atoms with E-state index in [2.05, 4.69) is 56.1 Å². The monoisotopic (exact) mass is 473 g/mol. The Bertz CT molecular complexity index is 1240. The third-order valence-corrected chi connectivity index (χ3v) is 7.32. The summed E-state index contributed by atoms with van der Waals surface area (Å²) in [7, 11) is 0. The van der Waals surface area contributed by atoms with Gasteiger partial charge in [-0.15, -0.1) is 0 Å². The Labute approximate surface area is 209 Å². The number of rotatable bonds is 4. The van der Waals surface area contributed by atoms with Crippen LogP contribution < -0.4 is 0 Å². The Balaban J connectivity index is 1.42. The number of nitrogens with zero attached hydrogens (tertiary/aromatic N) is 2. The van der Waals surface area contributed by atoms with Gasteiger partial charge >= 0.3 is 6.09 Å². The summed E-state index contributed by atoms with van der Waals surface area (Å²) in [5.74, 6) is 1.50. The summed E-state index contributed by atoms with van der Waals surface area (Å²) < 4.78 is 5.58. The van der Waals surface area contributed by atoms with Crippen molar-refractivity contribution in [3.8, 4) is 11.3 Å². The van der Waals surface area contributed by atoms with E-state index in [9.17, 15) is 4.79 Å². The molecule has 1 aliphatic heterocycles. The van der Waals surface area contributed by atoms with Crippen molar-refractivity contribution in [2.24, 2.45) is 0 Å². The lowest BCUT2D eigenvalue weighted by molar-refractivity contribution is 0.0205. The van der Waals surface area contributed by atoms with Crippen molar-refractivity contribution < 1.29 is 9.53 Å². The molecule has 3 heterocycles. The molecular formula is C30H39N3O2. The first-order chi connectivity index (χ1) is 16.6. The number of hydrogen-bond acceptors (Lipinski definition) is 3. The third-order valence-electron chi connectivity index (χ3n) is 7.32. The molecule has 1 N–H and O–H groups in total. The number of H-pyrrole nitrogens is 1. The van der Waals surface area contributed by atoms with Crippen LogP contribution in [0.5, 0.6) is 0 Å². The van der Waals surface area contributed by atoms with Crippen LogP contribution in [0.25, 0.3) is 22.2 Å². The number of likely N-dealkylation sites (tertiary alicyclic amines) is 1. The highest BCUT2D eigenvalue weighted by Crippen LogP contribution is 2.42. The second kappa shape index (κ2) is 9.00. The molecule has 0 spiro atoms. The van der Waals surface area contributed by atoms with Gasteiger partial charge in [0, 0.05) is 46.9 Å². The number of pyridine rings is 1. The lowest BCUT2D eigenvalue weighted by atomic mass is 9.87. The quantitative estimate of drug-likeness (QED) is 0.423. The zero-order valence-electron chi connectivity index (χ0n) is 22.1. The molecule has 5 heteroatoms. The summed E-state index contributed by atoms with van der Waals surface area (Å²) in [4.78, 5) is 22.9. The van der Waals surface area contributed by atoms with E-state index in [1.165, 1.54) is 51.8 Å². The predicted octanol–water partition coefficient (Wildman–Crippen LogP) is 7.65. The molecule has 0 bridgehead atoms. The van der Waals surface area contributed by atoms with Crippen LogP contribution >= 0.6 is 0 Å². The molecule has 1 aliphatic carbocycles. The fourth-order valence-electron chi connectivity index (χ4n) is 5.46. The van der Waals surface area contributed by atoms with Crippen LogP contribution in [0.2, 0.25) is 0 Å². The molecular weight excluding hydrogens is 434 g/mol. The Hall–Kier alpha value is -2.82. The smallest absolute Gasteiger partial charge is 0.410 e. The van der Waals surface area contributed by atoms with Gasteiger partial charge in [0.05, 0.1) is 5.69 Å². The molecule has 1 saturated carbocycles. The van der Waals surface area contributed by atoms with Crippen LogP contribution in [0.15, 0.2) is 30.3 Å². The van der Waals surface area contributed by atoms with Crippen LogP contribution in [0.1, 0.15) is 101 Å². The number of amides is 1. The number of ether oxygens (including phenoxy) is 1. The summed E-state index contributed by atoms with van der Waals surface area (Å²) in [5, 5.41) is 1.32. The number of aromatic nitrogens is 2. The number of fused-ring (bicyclic) bond motifs is 1. The predicted molar refractivity (Wildman–Crippen MR) is 142 cm³/mol. The van der Waals surface area contributed by atoms with E-state index in [0.717, 1.165) is 31.6 Å². The summed E-state index contributed by atoms with van der Waals surface area (Å²) in [6.07, 6.45) is 4.26. The molecule has 1 aromatic carbocycles. The molecule has 186 valence electrons. The summed E-state index contributed by atoms with van der Waals surface area (Å²) in [5.41, 5.74) is 8.33. The molecule has 0 unspecified atom stereocenters. The molecule has 2 aliphatic rings. The molecule has 0 atom stereocenters. The second-order valence-electron chi connectivity index (χ2n) is 11.8. The number of aryl methyl sites for hydroxylation is 1. The van der Waals surface area contributed by atoms with Crippen LogP contribution in [0.4, 0.5) is 4.79 Å². The number of piperidine rings is 1. The third kappa shape index (κ3) is 5.10. The highest BCUT2D eigenvalue weighted by atomic mass is 16.6. The van der Waals surface area contributed by atoms with Crippen LogP contribution in [-0.4, -0.2) is 39.7 Å². The van der Waals surface area contributed by atoms with Crippen molar-refractivity contribution >= 4 is 17.0 Å². The van der Waals surface area contributed by atoms with Gasteiger partial charge in [-0.1, -0.05) is 19.9 Å². The number of aromatic amines is 1. The molecule has 1 amide bonds. The molecule has 2 aromatic heterocycles. The molecule has 1 saturated heterocycles. The van der Waals surface area contributed by atoms with Gasteiger partial charge in [0.25, 0.3) is 0 Å². The van der Waals surface area contributed by atoms with Gasteiger partial charge in [-0.3, -0.25) is 4.98 Å². The van der Waals surface area contributed by atoms with Crippen molar-refractivity contribution in [1.82, 2.24) is 14.9 Å². The van der Waals surface area contributed by atoms with E-state index in [1.54, 1.807) is 0 Å². The van der Waals surface area contributed by atoms with E-state index in [4.69, 9.17) is 9.72 Å². The maximum atomic E-state index is 12.5. The zero-order chi connectivity index (χ0) is 24.9. The van der Waals surface area contributed by atoms with Gasteiger partial charge in [-0.25, -0.2) is 4.79 Å². The summed E-state index contributed by atoms with van der Waals surface area (Å²) in [6.45, 7) is 13.9. The Morgan fingerprint density at radius 3 is 2.40 bits per heavy atom. The number of hydrogen-bond donors (Lipinski definition) is 1. The number of carbonyl (C=O) groups excluding carboxylic acids is 1. The minimum atomic E-state index is -0.453. The van der Waals surface area contributed by atoms with Gasteiger partial charge in [0.1, 0.15) is 5.60 Å². The summed E-state index contributed by atoms with van der Waals surface area (Å²) in [6, 6.07) is 11.4. The van der Waals surface area contributed by atoms with E-state index >= 15 is 0 Å². The van der Waals surface area contributed by atoms with Gasteiger partial charge in [0.2, 0.25) is 0 Å². The fourth-order valence-corrected chi connectivity index (χ4v) is 5.46. The molecule has 5 nitrogen and oxygen atoms in total. The minimum absolute atomic E-state index is 0.193. The topological polar surface area (TPSA) is 58.2 Å². The molecule has 5 rings (SSSR count). The van der Waals surface area contributed by atoms with E-state index < -0.39 is 5.60 Å². The molecule has 0 radical (unpaired) electrons. The lowest BCUT2D eigenvalue weighted by Crippen LogP contribution is -2.41. The second-order valence-corrected chi connectivity index (χ2v) is 11.8. The highest BCUT2D eigenvalue weighted by Gasteiger charge is 2.29. The Morgan fingerprint density at radius 2 is 1.77 bits per heavy atom. The SMILES string of the molecule is Cc1cc(-c2[nH]c3ccc(C4CCN(C(=O)OC(C)(C)C)CC4)cc3c2C(C)C)cc(C2CC2)n1. The van der Waals surface area contributed by atoms with Crippen molar-refractivity contribution in [2.45, 2.75) is 90.6 Å². The zero-order valence-corrected chi connectivity index (χ0v) is 22.1. The van der Waals surface area contributed by atoms with Crippen molar-refractivity contribution in [3.05, 3.63) is 52.8 Å². The largest absolute Gasteiger partial charge is 0.444 e. The molecule has 35 heavy (non-hydrogen) atoms. The van der Waals surface area contributed by atoms with Crippen molar-refractivity contribution in [2.75, 3.05) is 13.1 Å². The molecule has 2 fully saturated rings. The average Bonchev–Trinajstić information content (AvgIpc) is 3.57. The number of nitrogens with one attached hydrogen (secondary N) is 1. The highest BCUT2D eigenvalue weighted by molar-refractivity contribution is 5.92. The van der Waals surface area contributed by atoms with Crippen LogP contribution in [-0.2, 0) is 4.74 Å². The lowest BCUT2D eigenvalue weighted by Gasteiger charge is -2.33. The maximum absolute atomic E-state index is 12.5. The fraction of sp³-hybridized carbons (Fsp3) is 0.533. The number of carbonyl (C=O) groups is 1. The van der Waals surface area contributed by atoms with E-state index in [0.29, 0.717) is 17.8 Å². The number of benzene rings is 1. The van der Waals surface area contributed by atoms with Gasteiger partial charge in [-0.05, 0) is 101 Å². The first-order valence-electron chi connectivity index (χ1n) is 13.2. The van der Waals surface area contributed by atoms with E-state index in [1.807, 2.05) is 25.7 Å². The maximum Gasteiger partial charge on any atom is 0.410 e. The molecule has 3 aromatic rings. The van der Waals surface area contributed by atoms with Crippen LogP contribution in [0, 0.1) is 6.92 Å². The first-order valence-corrected chi connectivity index (χ1v) is 13.2. The standard InChI is InChI=1S/C30H39N3O2/c1-18(2)27-24-16-22(20-11-13-33(14-12-20)29(34)35-30(4,5)6)9-10-25(24)32-28(27)23-15-19(3)31-26(17-23)21-7-8-21/h9-10,15-18,20-21,32H,7-8,11-14H2,1-6H3. The van der Waals surface area contributed by atoms with Crippen LogP contribution in [0.3, 0.4) is 0 Å². The van der Waals surface area contributed by atoms with E-state index in [-0.39, 0.29) is 6.09 Å². The Kier molecular flexibility index (Phi) is 6.14.